The van der Waals surface area contributed by atoms with Gasteiger partial charge in [-0.15, -0.1) is 0 Å². The summed E-state index contributed by atoms with van der Waals surface area (Å²) in [4.78, 5) is 11.3. The van der Waals surface area contributed by atoms with Gasteiger partial charge in [-0.2, -0.15) is 0 Å². The van der Waals surface area contributed by atoms with Gasteiger partial charge in [0.1, 0.15) is 6.61 Å². The van der Waals surface area contributed by atoms with Crippen LogP contribution in [0.25, 0.3) is 0 Å². The van der Waals surface area contributed by atoms with Crippen molar-refractivity contribution in [2.24, 2.45) is 5.92 Å². The van der Waals surface area contributed by atoms with Crippen molar-refractivity contribution >= 4 is 5.97 Å². The van der Waals surface area contributed by atoms with E-state index in [-0.39, 0.29) is 11.9 Å². The molecule has 2 nitrogen and oxygen atoms in total. The van der Waals surface area contributed by atoms with Gasteiger partial charge >= 0.3 is 5.97 Å². The van der Waals surface area contributed by atoms with Crippen molar-refractivity contribution in [3.8, 4) is 0 Å². The smallest absolute Gasteiger partial charge is 0.313 e. The van der Waals surface area contributed by atoms with Crippen LogP contribution in [-0.2, 0) is 16.1 Å². The van der Waals surface area contributed by atoms with Gasteiger partial charge in [-0.05, 0) is 12.0 Å². The fraction of sp³-hybridized carbons (Fsp3) is 0.250. The highest BCUT2D eigenvalue weighted by atomic mass is 16.5. The lowest BCUT2D eigenvalue weighted by Crippen LogP contribution is -2.06. The van der Waals surface area contributed by atoms with Crippen molar-refractivity contribution in [2.45, 2.75) is 13.0 Å². The van der Waals surface area contributed by atoms with Crippen LogP contribution in [0, 0.1) is 5.92 Å². The second-order valence-corrected chi connectivity index (χ2v) is 3.51. The van der Waals surface area contributed by atoms with Gasteiger partial charge in [0.05, 0.1) is 5.92 Å². The van der Waals surface area contributed by atoms with Gasteiger partial charge in [-0.3, -0.25) is 4.79 Å². The van der Waals surface area contributed by atoms with E-state index in [1.54, 1.807) is 0 Å². The summed E-state index contributed by atoms with van der Waals surface area (Å²) in [6.45, 7) is 4.09. The van der Waals surface area contributed by atoms with Crippen LogP contribution in [-0.4, -0.2) is 5.97 Å². The molecule has 0 bridgehead atoms. The van der Waals surface area contributed by atoms with Gasteiger partial charge in [-0.25, -0.2) is 0 Å². The van der Waals surface area contributed by atoms with E-state index < -0.39 is 0 Å². The number of hydrogen-bond acceptors (Lipinski definition) is 2. The largest absolute Gasteiger partial charge is 0.460 e. The summed E-state index contributed by atoms with van der Waals surface area (Å²) in [5.41, 5.74) is 2.01. The third kappa shape index (κ3) is 2.02. The van der Waals surface area contributed by atoms with E-state index in [0.717, 1.165) is 17.6 Å². The predicted octanol–water partition coefficient (Wildman–Crippen LogP) is 2.31. The van der Waals surface area contributed by atoms with Crippen molar-refractivity contribution in [1.29, 1.82) is 0 Å². The molecule has 1 aliphatic carbocycles. The van der Waals surface area contributed by atoms with Crippen LogP contribution in [0.5, 0.6) is 0 Å². The minimum absolute atomic E-state index is 0.0290. The van der Waals surface area contributed by atoms with Crippen molar-refractivity contribution in [3.05, 3.63) is 48.0 Å². The Hall–Kier alpha value is -1.57. The van der Waals surface area contributed by atoms with E-state index in [0.29, 0.717) is 6.61 Å². The number of rotatable bonds is 3. The maximum absolute atomic E-state index is 11.3. The molecule has 1 aromatic rings. The molecule has 2 heteroatoms. The summed E-state index contributed by atoms with van der Waals surface area (Å²) in [7, 11) is 0. The molecule has 1 aliphatic rings. The van der Waals surface area contributed by atoms with Crippen LogP contribution in [0.3, 0.4) is 0 Å². The first kappa shape index (κ1) is 9.00. The Morgan fingerprint density at radius 2 is 2.07 bits per heavy atom. The molecule has 0 aromatic heterocycles. The summed E-state index contributed by atoms with van der Waals surface area (Å²) >= 11 is 0. The van der Waals surface area contributed by atoms with E-state index in [2.05, 4.69) is 6.58 Å². The normalized spacial score (nSPS) is 19.1. The number of hydrogen-bond donors (Lipinski definition) is 0. The first-order valence-electron chi connectivity index (χ1n) is 4.65. The van der Waals surface area contributed by atoms with Gasteiger partial charge in [0.25, 0.3) is 0 Å². The molecule has 1 aromatic carbocycles. The van der Waals surface area contributed by atoms with Crippen molar-refractivity contribution in [1.82, 2.24) is 0 Å². The quantitative estimate of drug-likeness (QED) is 0.537. The lowest BCUT2D eigenvalue weighted by Gasteiger charge is -2.02. The highest BCUT2D eigenvalue weighted by molar-refractivity contribution is 5.80. The first-order valence-corrected chi connectivity index (χ1v) is 4.65. The van der Waals surface area contributed by atoms with Crippen LogP contribution >= 0.6 is 0 Å². The Balaban J connectivity index is 1.83. The number of carbonyl (C=O) groups is 1. The van der Waals surface area contributed by atoms with Crippen LogP contribution in [0.15, 0.2) is 42.5 Å². The third-order valence-corrected chi connectivity index (χ3v) is 2.31. The van der Waals surface area contributed by atoms with E-state index in [1.807, 2.05) is 30.3 Å². The number of carbonyl (C=O) groups excluding carboxylic acids is 1. The van der Waals surface area contributed by atoms with E-state index in [4.69, 9.17) is 4.74 Å². The van der Waals surface area contributed by atoms with Crippen molar-refractivity contribution < 1.29 is 9.53 Å². The Morgan fingerprint density at radius 3 is 2.64 bits per heavy atom. The summed E-state index contributed by atoms with van der Waals surface area (Å²) in [5.74, 6) is -0.169. The van der Waals surface area contributed by atoms with Crippen LogP contribution in [0.1, 0.15) is 12.0 Å². The molecule has 1 atom stereocenters. The zero-order chi connectivity index (χ0) is 9.97. The average molecular weight is 188 g/mol. The fourth-order valence-corrected chi connectivity index (χ4v) is 1.28. The molecule has 0 radical (unpaired) electrons. The minimum Gasteiger partial charge on any atom is -0.460 e. The Kier molecular flexibility index (Phi) is 2.35. The van der Waals surface area contributed by atoms with E-state index >= 15 is 0 Å². The first-order chi connectivity index (χ1) is 6.77. The highest BCUT2D eigenvalue weighted by Crippen LogP contribution is 2.36. The van der Waals surface area contributed by atoms with Gasteiger partial charge in [0.2, 0.25) is 0 Å². The second-order valence-electron chi connectivity index (χ2n) is 3.51. The average Bonchev–Trinajstić information content (AvgIpc) is 2.94. The minimum atomic E-state index is -0.140. The Bertz CT molecular complexity index is 354. The molecule has 0 saturated heterocycles. The second kappa shape index (κ2) is 3.66. The van der Waals surface area contributed by atoms with E-state index in [9.17, 15) is 4.79 Å². The lowest BCUT2D eigenvalue weighted by atomic mass is 10.2. The van der Waals surface area contributed by atoms with Gasteiger partial charge < -0.3 is 4.74 Å². The summed E-state index contributed by atoms with van der Waals surface area (Å²) in [6, 6.07) is 9.68. The summed E-state index contributed by atoms with van der Waals surface area (Å²) in [5, 5.41) is 0. The van der Waals surface area contributed by atoms with Crippen LogP contribution in [0.2, 0.25) is 0 Å². The molecule has 1 fully saturated rings. The maximum Gasteiger partial charge on any atom is 0.313 e. The van der Waals surface area contributed by atoms with Crippen molar-refractivity contribution in [2.75, 3.05) is 0 Å². The zero-order valence-corrected chi connectivity index (χ0v) is 7.90. The number of ether oxygens (including phenoxy) is 1. The fourth-order valence-electron chi connectivity index (χ4n) is 1.28. The van der Waals surface area contributed by atoms with Gasteiger partial charge in [-0.1, -0.05) is 42.5 Å². The van der Waals surface area contributed by atoms with Crippen LogP contribution < -0.4 is 0 Å². The Labute approximate surface area is 83.2 Å². The lowest BCUT2D eigenvalue weighted by molar-refractivity contribution is -0.146. The van der Waals surface area contributed by atoms with Gasteiger partial charge in [0.15, 0.2) is 0 Å². The van der Waals surface area contributed by atoms with Crippen molar-refractivity contribution in [3.63, 3.8) is 0 Å². The SMILES string of the molecule is C=C1CC1C(=O)OCc1ccccc1. The summed E-state index contributed by atoms with van der Waals surface area (Å²) < 4.78 is 5.12. The summed E-state index contributed by atoms with van der Waals surface area (Å²) in [6.07, 6.45) is 0.799. The number of esters is 1. The highest BCUT2D eigenvalue weighted by Gasteiger charge is 2.36. The monoisotopic (exact) mass is 188 g/mol. The molecule has 0 aliphatic heterocycles. The molecular formula is C12H12O2. The molecule has 0 amide bonds. The molecule has 0 heterocycles. The molecule has 1 unspecified atom stereocenters. The molecular weight excluding hydrogens is 176 g/mol. The maximum atomic E-state index is 11.3. The third-order valence-electron chi connectivity index (χ3n) is 2.31. The molecule has 0 N–H and O–H groups in total. The molecule has 72 valence electrons. The van der Waals surface area contributed by atoms with E-state index in [1.165, 1.54) is 0 Å². The molecule has 2 rings (SSSR count). The zero-order valence-electron chi connectivity index (χ0n) is 7.90. The standard InChI is InChI=1S/C12H12O2/c1-9-7-11(9)12(13)14-8-10-5-3-2-4-6-10/h2-6,11H,1,7-8H2. The van der Waals surface area contributed by atoms with Crippen LogP contribution in [0.4, 0.5) is 0 Å². The number of benzene rings is 1. The Morgan fingerprint density at radius 1 is 1.43 bits per heavy atom. The molecule has 0 spiro atoms. The van der Waals surface area contributed by atoms with Gasteiger partial charge in [0, 0.05) is 0 Å². The molecule has 14 heavy (non-hydrogen) atoms. The topological polar surface area (TPSA) is 26.3 Å². The predicted molar refractivity (Wildman–Crippen MR) is 53.5 cm³/mol. The molecule has 1 saturated carbocycles.